The second-order valence-electron chi connectivity index (χ2n) is 5.85. The lowest BCUT2D eigenvalue weighted by molar-refractivity contribution is 0.153. The summed E-state index contributed by atoms with van der Waals surface area (Å²) in [6.07, 6.45) is 7.40. The third-order valence-electron chi connectivity index (χ3n) is 4.25. The van der Waals surface area contributed by atoms with Gasteiger partial charge in [0.2, 0.25) is 10.0 Å². The summed E-state index contributed by atoms with van der Waals surface area (Å²) in [5, 5.41) is 3.24. The van der Waals surface area contributed by atoms with Crippen molar-refractivity contribution >= 4 is 15.8 Å². The van der Waals surface area contributed by atoms with E-state index in [0.29, 0.717) is 25.5 Å². The van der Waals surface area contributed by atoms with Crippen molar-refractivity contribution in [3.8, 4) is 0 Å². The van der Waals surface area contributed by atoms with E-state index in [2.05, 4.69) is 16.4 Å². The number of rotatable bonds is 6. The minimum atomic E-state index is -3.37. The van der Waals surface area contributed by atoms with Crippen molar-refractivity contribution in [3.05, 3.63) is 30.0 Å². The number of aromatic nitrogens is 1. The predicted molar refractivity (Wildman–Crippen MR) is 88.9 cm³/mol. The molecule has 0 atom stereocenters. The van der Waals surface area contributed by atoms with Crippen molar-refractivity contribution < 1.29 is 13.2 Å². The van der Waals surface area contributed by atoms with Crippen molar-refractivity contribution in [1.82, 2.24) is 9.29 Å². The molecule has 0 amide bonds. The van der Waals surface area contributed by atoms with Crippen molar-refractivity contribution in [2.24, 2.45) is 0 Å². The van der Waals surface area contributed by atoms with Gasteiger partial charge in [0, 0.05) is 25.8 Å². The summed E-state index contributed by atoms with van der Waals surface area (Å²) in [5.74, 6) is 0.707. The molecule has 0 saturated carbocycles. The number of hydrogen-bond acceptors (Lipinski definition) is 5. The largest absolute Gasteiger partial charge is 0.377 e. The Bertz CT molecular complexity index is 650. The summed E-state index contributed by atoms with van der Waals surface area (Å²) < 4.78 is 31.6. The van der Waals surface area contributed by atoms with Crippen LogP contribution in [0.2, 0.25) is 0 Å². The van der Waals surface area contributed by atoms with E-state index in [9.17, 15) is 8.42 Å². The Kier molecular flexibility index (Phi) is 5.30. The van der Waals surface area contributed by atoms with E-state index in [1.807, 2.05) is 0 Å². The quantitative estimate of drug-likeness (QED) is 0.804. The van der Waals surface area contributed by atoms with Crippen LogP contribution in [0.25, 0.3) is 0 Å². The Morgan fingerprint density at radius 1 is 1.26 bits per heavy atom. The van der Waals surface area contributed by atoms with Crippen molar-refractivity contribution in [2.75, 3.05) is 38.2 Å². The maximum absolute atomic E-state index is 12.4. The molecular weight excluding hydrogens is 314 g/mol. The van der Waals surface area contributed by atoms with Crippen LogP contribution in [0.15, 0.2) is 34.9 Å². The molecule has 0 aromatic carbocycles. The fraction of sp³-hybridized carbons (Fsp3) is 0.562. The third-order valence-corrected chi connectivity index (χ3v) is 6.13. The van der Waals surface area contributed by atoms with E-state index in [4.69, 9.17) is 4.74 Å². The number of sulfonamides is 1. The van der Waals surface area contributed by atoms with Gasteiger partial charge in [0.05, 0.1) is 13.2 Å². The molecule has 126 valence electrons. The van der Waals surface area contributed by atoms with Gasteiger partial charge in [0.1, 0.15) is 10.7 Å². The maximum atomic E-state index is 12.4. The third kappa shape index (κ3) is 4.10. The van der Waals surface area contributed by atoms with E-state index in [0.717, 1.165) is 38.8 Å². The lowest BCUT2D eigenvalue weighted by atomic mass is 10.1. The second-order valence-corrected chi connectivity index (χ2v) is 7.79. The van der Waals surface area contributed by atoms with Gasteiger partial charge in [-0.15, -0.1) is 0 Å². The zero-order valence-electron chi connectivity index (χ0n) is 13.2. The summed E-state index contributed by atoms with van der Waals surface area (Å²) in [4.78, 5) is 4.51. The van der Waals surface area contributed by atoms with Crippen LogP contribution >= 0.6 is 0 Å². The van der Waals surface area contributed by atoms with Crippen LogP contribution in [0.1, 0.15) is 25.7 Å². The van der Waals surface area contributed by atoms with Crippen LogP contribution < -0.4 is 5.32 Å². The zero-order chi connectivity index (χ0) is 16.1. The van der Waals surface area contributed by atoms with Gasteiger partial charge in [-0.2, -0.15) is 4.31 Å². The average Bonchev–Trinajstić information content (AvgIpc) is 3.12. The van der Waals surface area contributed by atoms with Crippen LogP contribution in [0.5, 0.6) is 0 Å². The van der Waals surface area contributed by atoms with Crippen LogP contribution in [0.3, 0.4) is 0 Å². The standard InChI is InChI=1S/C16H23N3O3S/c20-23(21,19-9-1-2-10-19)15-3-4-16(18-13-15)17-8-5-14-6-11-22-12-7-14/h3-4,6,13H,1-2,5,7-12H2,(H,17,18). The lowest BCUT2D eigenvalue weighted by Crippen LogP contribution is -2.27. The molecule has 0 unspecified atom stereocenters. The highest BCUT2D eigenvalue weighted by Crippen LogP contribution is 2.21. The fourth-order valence-electron chi connectivity index (χ4n) is 2.86. The molecule has 1 fully saturated rings. The number of nitrogens with zero attached hydrogens (tertiary/aromatic N) is 2. The molecule has 0 bridgehead atoms. The summed E-state index contributed by atoms with van der Waals surface area (Å²) >= 11 is 0. The summed E-state index contributed by atoms with van der Waals surface area (Å²) in [6, 6.07) is 3.37. The summed E-state index contributed by atoms with van der Waals surface area (Å²) in [5.41, 5.74) is 1.40. The van der Waals surface area contributed by atoms with Gasteiger partial charge in [-0.25, -0.2) is 13.4 Å². The molecule has 0 aliphatic carbocycles. The first kappa shape index (κ1) is 16.4. The van der Waals surface area contributed by atoms with Crippen molar-refractivity contribution in [2.45, 2.75) is 30.6 Å². The van der Waals surface area contributed by atoms with E-state index in [-0.39, 0.29) is 4.90 Å². The Labute approximate surface area is 137 Å². The predicted octanol–water partition coefficient (Wildman–Crippen LogP) is 2.01. The Morgan fingerprint density at radius 3 is 2.74 bits per heavy atom. The van der Waals surface area contributed by atoms with Gasteiger partial charge in [0.25, 0.3) is 0 Å². The molecular formula is C16H23N3O3S. The highest BCUT2D eigenvalue weighted by atomic mass is 32.2. The Hall–Kier alpha value is -1.44. The molecule has 3 heterocycles. The molecule has 1 aromatic rings. The molecule has 2 aliphatic rings. The van der Waals surface area contributed by atoms with Gasteiger partial charge < -0.3 is 10.1 Å². The molecule has 1 N–H and O–H groups in total. The van der Waals surface area contributed by atoms with Gasteiger partial charge in [-0.3, -0.25) is 0 Å². The number of anilines is 1. The Balaban J connectivity index is 1.55. The molecule has 0 radical (unpaired) electrons. The first-order chi connectivity index (χ1) is 11.2. The molecule has 1 saturated heterocycles. The zero-order valence-corrected chi connectivity index (χ0v) is 14.0. The molecule has 0 spiro atoms. The van der Waals surface area contributed by atoms with Gasteiger partial charge in [-0.1, -0.05) is 11.6 Å². The first-order valence-corrected chi connectivity index (χ1v) is 9.56. The van der Waals surface area contributed by atoms with Crippen molar-refractivity contribution in [3.63, 3.8) is 0 Å². The highest BCUT2D eigenvalue weighted by Gasteiger charge is 2.27. The van der Waals surface area contributed by atoms with E-state index in [1.54, 1.807) is 12.1 Å². The normalized spacial score (nSPS) is 19.6. The molecule has 7 heteroatoms. The van der Waals surface area contributed by atoms with Crippen molar-refractivity contribution in [1.29, 1.82) is 0 Å². The topological polar surface area (TPSA) is 71.5 Å². The number of hydrogen-bond donors (Lipinski definition) is 1. The monoisotopic (exact) mass is 337 g/mol. The SMILES string of the molecule is O=S(=O)(c1ccc(NCCC2=CCOCC2)nc1)N1CCCC1. The minimum Gasteiger partial charge on any atom is -0.377 e. The second kappa shape index (κ2) is 7.42. The van der Waals surface area contributed by atoms with Gasteiger partial charge in [-0.05, 0) is 37.8 Å². The van der Waals surface area contributed by atoms with Crippen LogP contribution in [0, 0.1) is 0 Å². The number of ether oxygens (including phenoxy) is 1. The summed E-state index contributed by atoms with van der Waals surface area (Å²) in [6.45, 7) is 3.52. The minimum absolute atomic E-state index is 0.275. The molecule has 6 nitrogen and oxygen atoms in total. The molecule has 2 aliphatic heterocycles. The fourth-order valence-corrected chi connectivity index (χ4v) is 4.32. The lowest BCUT2D eigenvalue weighted by Gasteiger charge is -2.16. The highest BCUT2D eigenvalue weighted by molar-refractivity contribution is 7.89. The van der Waals surface area contributed by atoms with E-state index < -0.39 is 10.0 Å². The maximum Gasteiger partial charge on any atom is 0.244 e. The average molecular weight is 337 g/mol. The smallest absolute Gasteiger partial charge is 0.244 e. The first-order valence-electron chi connectivity index (χ1n) is 8.12. The molecule has 23 heavy (non-hydrogen) atoms. The Morgan fingerprint density at radius 2 is 2.09 bits per heavy atom. The number of pyridine rings is 1. The van der Waals surface area contributed by atoms with Gasteiger partial charge >= 0.3 is 0 Å². The summed E-state index contributed by atoms with van der Waals surface area (Å²) in [7, 11) is -3.37. The molecule has 1 aromatic heterocycles. The van der Waals surface area contributed by atoms with Crippen LogP contribution in [-0.4, -0.2) is 50.6 Å². The van der Waals surface area contributed by atoms with E-state index in [1.165, 1.54) is 16.1 Å². The van der Waals surface area contributed by atoms with Gasteiger partial charge in [0.15, 0.2) is 0 Å². The molecule has 3 rings (SSSR count). The van der Waals surface area contributed by atoms with Crippen LogP contribution in [0.4, 0.5) is 5.82 Å². The van der Waals surface area contributed by atoms with Crippen LogP contribution in [-0.2, 0) is 14.8 Å². The van der Waals surface area contributed by atoms with E-state index >= 15 is 0 Å². The number of nitrogens with one attached hydrogen (secondary N) is 1.